The van der Waals surface area contributed by atoms with E-state index in [1.54, 1.807) is 24.3 Å². The number of halogens is 3. The summed E-state index contributed by atoms with van der Waals surface area (Å²) in [7, 11) is 0. The Morgan fingerprint density at radius 2 is 1.55 bits per heavy atom. The first kappa shape index (κ1) is 20.5. The molecule has 0 atom stereocenters. The number of aromatic nitrogens is 2. The van der Waals surface area contributed by atoms with E-state index in [4.69, 9.17) is 0 Å². The minimum Gasteiger partial charge on any atom is -0.508 e. The molecule has 0 aliphatic carbocycles. The Hall–Kier alpha value is -3.74. The van der Waals surface area contributed by atoms with Gasteiger partial charge < -0.3 is 10.2 Å². The van der Waals surface area contributed by atoms with Gasteiger partial charge in [0.2, 0.25) is 0 Å². The zero-order chi connectivity index (χ0) is 22.2. The predicted octanol–water partition coefficient (Wildman–Crippen LogP) is 6.20. The fraction of sp³-hybridized carbons (Fsp3) is 0.125. The van der Waals surface area contributed by atoms with E-state index in [1.165, 1.54) is 47.1 Å². The van der Waals surface area contributed by atoms with Crippen molar-refractivity contribution in [1.82, 2.24) is 9.78 Å². The van der Waals surface area contributed by atoms with Crippen LogP contribution in [0.3, 0.4) is 0 Å². The lowest BCUT2D eigenvalue weighted by Crippen LogP contribution is -2.12. The van der Waals surface area contributed by atoms with Crippen molar-refractivity contribution in [1.29, 1.82) is 0 Å². The van der Waals surface area contributed by atoms with Crippen LogP contribution in [0, 0.1) is 0 Å². The van der Waals surface area contributed by atoms with Gasteiger partial charge in [0.1, 0.15) is 11.5 Å². The number of aromatic hydroxyl groups is 2. The largest absolute Gasteiger partial charge is 0.508 e. The molecule has 0 aliphatic heterocycles. The summed E-state index contributed by atoms with van der Waals surface area (Å²) in [5.74, 6) is 0.0905. The summed E-state index contributed by atoms with van der Waals surface area (Å²) in [6, 6.07) is 18.0. The van der Waals surface area contributed by atoms with E-state index in [9.17, 15) is 23.4 Å². The highest BCUT2D eigenvalue weighted by Crippen LogP contribution is 2.39. The van der Waals surface area contributed by atoms with Gasteiger partial charge >= 0.3 is 6.18 Å². The second kappa shape index (κ2) is 7.83. The first-order chi connectivity index (χ1) is 14.8. The van der Waals surface area contributed by atoms with Crippen LogP contribution in [0.1, 0.15) is 18.1 Å². The van der Waals surface area contributed by atoms with Crippen LogP contribution < -0.4 is 0 Å². The summed E-state index contributed by atoms with van der Waals surface area (Å²) < 4.78 is 42.6. The molecule has 31 heavy (non-hydrogen) atoms. The van der Waals surface area contributed by atoms with Crippen LogP contribution in [-0.4, -0.2) is 20.0 Å². The minimum atomic E-state index is -4.56. The molecule has 4 aromatic rings. The van der Waals surface area contributed by atoms with Crippen LogP contribution in [0.5, 0.6) is 11.5 Å². The van der Waals surface area contributed by atoms with Gasteiger partial charge in [-0.1, -0.05) is 31.2 Å². The van der Waals surface area contributed by atoms with E-state index in [1.807, 2.05) is 6.92 Å². The van der Waals surface area contributed by atoms with E-state index >= 15 is 0 Å². The van der Waals surface area contributed by atoms with E-state index in [-0.39, 0.29) is 17.2 Å². The number of phenols is 2. The first-order valence-corrected chi connectivity index (χ1v) is 9.67. The molecule has 0 spiro atoms. The molecule has 0 fully saturated rings. The number of hydrogen-bond acceptors (Lipinski definition) is 3. The molecule has 0 saturated heterocycles. The summed E-state index contributed by atoms with van der Waals surface area (Å²) in [5, 5.41) is 24.2. The third-order valence-corrected chi connectivity index (χ3v) is 5.04. The maximum atomic E-state index is 13.8. The van der Waals surface area contributed by atoms with E-state index in [0.717, 1.165) is 11.6 Å². The van der Waals surface area contributed by atoms with E-state index < -0.39 is 11.7 Å². The van der Waals surface area contributed by atoms with E-state index in [0.29, 0.717) is 28.9 Å². The summed E-state index contributed by atoms with van der Waals surface area (Å²) in [6.45, 7) is 1.90. The van der Waals surface area contributed by atoms with Crippen molar-refractivity contribution in [2.24, 2.45) is 0 Å². The quantitative estimate of drug-likeness (QED) is 0.410. The SMILES string of the molecule is CCc1c(-c2cccc(O)c2)nn(-c2ccccc2C(F)(F)F)c1-c1ccc(O)cc1. The molecule has 4 rings (SSSR count). The van der Waals surface area contributed by atoms with E-state index in [2.05, 4.69) is 5.10 Å². The molecule has 0 saturated carbocycles. The van der Waals surface area contributed by atoms with Gasteiger partial charge in [-0.25, -0.2) is 4.68 Å². The van der Waals surface area contributed by atoms with Crippen LogP contribution >= 0.6 is 0 Å². The molecule has 4 nitrogen and oxygen atoms in total. The maximum Gasteiger partial charge on any atom is 0.418 e. The van der Waals surface area contributed by atoms with Crippen molar-refractivity contribution in [3.8, 4) is 39.7 Å². The highest BCUT2D eigenvalue weighted by Gasteiger charge is 2.35. The third kappa shape index (κ3) is 3.86. The molecule has 3 aromatic carbocycles. The molecular formula is C24H19F3N2O2. The summed E-state index contributed by atoms with van der Waals surface area (Å²) >= 11 is 0. The Morgan fingerprint density at radius 1 is 0.839 bits per heavy atom. The Balaban J connectivity index is 2.07. The van der Waals surface area contributed by atoms with Gasteiger partial charge in [-0.3, -0.25) is 0 Å². The van der Waals surface area contributed by atoms with Gasteiger partial charge in [0, 0.05) is 16.7 Å². The lowest BCUT2D eigenvalue weighted by Gasteiger charge is -2.15. The molecule has 0 amide bonds. The second-order valence-electron chi connectivity index (χ2n) is 7.05. The molecule has 7 heteroatoms. The molecule has 0 radical (unpaired) electrons. The van der Waals surface area contributed by atoms with Gasteiger partial charge in [-0.05, 0) is 55.0 Å². The molecule has 0 unspecified atom stereocenters. The van der Waals surface area contributed by atoms with Crippen LogP contribution in [0.25, 0.3) is 28.2 Å². The van der Waals surface area contributed by atoms with Crippen molar-refractivity contribution >= 4 is 0 Å². The number of para-hydroxylation sites is 1. The highest BCUT2D eigenvalue weighted by atomic mass is 19.4. The molecule has 2 N–H and O–H groups in total. The van der Waals surface area contributed by atoms with Gasteiger partial charge in [0.05, 0.1) is 22.6 Å². The molecule has 158 valence electrons. The van der Waals surface area contributed by atoms with Crippen molar-refractivity contribution in [2.75, 3.05) is 0 Å². The van der Waals surface area contributed by atoms with Crippen molar-refractivity contribution < 1.29 is 23.4 Å². The molecular weight excluding hydrogens is 405 g/mol. The average Bonchev–Trinajstić information content (AvgIpc) is 3.13. The standard InChI is InChI=1S/C24H19F3N2O2/c1-2-19-22(16-6-5-7-18(31)14-16)28-29(23(19)15-10-12-17(30)13-11-15)21-9-4-3-8-20(21)24(25,26)27/h3-14,30-31H,2H2,1H3. The highest BCUT2D eigenvalue weighted by molar-refractivity contribution is 5.77. The lowest BCUT2D eigenvalue weighted by molar-refractivity contribution is -0.137. The smallest absolute Gasteiger partial charge is 0.418 e. The number of phenolic OH excluding ortho intramolecular Hbond substituents is 2. The third-order valence-electron chi connectivity index (χ3n) is 5.04. The molecule has 1 heterocycles. The Morgan fingerprint density at radius 3 is 2.19 bits per heavy atom. The predicted molar refractivity (Wildman–Crippen MR) is 112 cm³/mol. The fourth-order valence-electron chi connectivity index (χ4n) is 3.66. The summed E-state index contributed by atoms with van der Waals surface area (Å²) in [5.41, 5.74) is 2.02. The monoisotopic (exact) mass is 424 g/mol. The van der Waals surface area contributed by atoms with Crippen molar-refractivity contribution in [3.05, 3.63) is 83.9 Å². The summed E-state index contributed by atoms with van der Waals surface area (Å²) in [6.07, 6.45) is -4.07. The van der Waals surface area contributed by atoms with Gasteiger partial charge in [0.25, 0.3) is 0 Å². The maximum absolute atomic E-state index is 13.8. The fourth-order valence-corrected chi connectivity index (χ4v) is 3.66. The first-order valence-electron chi connectivity index (χ1n) is 9.67. The molecule has 0 bridgehead atoms. The topological polar surface area (TPSA) is 58.3 Å². The zero-order valence-electron chi connectivity index (χ0n) is 16.6. The lowest BCUT2D eigenvalue weighted by atomic mass is 9.99. The number of nitrogens with zero attached hydrogens (tertiary/aromatic N) is 2. The molecule has 0 aliphatic rings. The van der Waals surface area contributed by atoms with Crippen LogP contribution in [0.15, 0.2) is 72.8 Å². The van der Waals surface area contributed by atoms with Crippen LogP contribution in [-0.2, 0) is 12.6 Å². The minimum absolute atomic E-state index is 0.0379. The Bertz CT molecular complexity index is 1230. The number of benzene rings is 3. The van der Waals surface area contributed by atoms with Gasteiger partial charge in [0.15, 0.2) is 0 Å². The van der Waals surface area contributed by atoms with Crippen molar-refractivity contribution in [3.63, 3.8) is 0 Å². The average molecular weight is 424 g/mol. The van der Waals surface area contributed by atoms with Crippen molar-refractivity contribution in [2.45, 2.75) is 19.5 Å². The Kier molecular flexibility index (Phi) is 5.19. The number of hydrogen-bond donors (Lipinski definition) is 2. The zero-order valence-corrected chi connectivity index (χ0v) is 16.6. The van der Waals surface area contributed by atoms with Gasteiger partial charge in [-0.2, -0.15) is 18.3 Å². The van der Waals surface area contributed by atoms with Crippen LogP contribution in [0.2, 0.25) is 0 Å². The number of alkyl halides is 3. The summed E-state index contributed by atoms with van der Waals surface area (Å²) in [4.78, 5) is 0. The molecule has 1 aromatic heterocycles. The van der Waals surface area contributed by atoms with Gasteiger partial charge in [-0.15, -0.1) is 0 Å². The normalized spacial score (nSPS) is 11.6. The Labute approximate surface area is 176 Å². The van der Waals surface area contributed by atoms with Crippen LogP contribution in [0.4, 0.5) is 13.2 Å². The second-order valence-corrected chi connectivity index (χ2v) is 7.05. The number of rotatable bonds is 4.